The molecule has 0 radical (unpaired) electrons. The quantitative estimate of drug-likeness (QED) is 0.900. The first-order chi connectivity index (χ1) is 10.8. The van der Waals surface area contributed by atoms with Gasteiger partial charge in [-0.3, -0.25) is 9.89 Å². The topological polar surface area (TPSA) is 57.8 Å². The van der Waals surface area contributed by atoms with Crippen molar-refractivity contribution >= 4 is 11.6 Å². The number of carbonyl (C=O) groups is 1. The Kier molecular flexibility index (Phi) is 3.45. The molecule has 2 fully saturated rings. The summed E-state index contributed by atoms with van der Waals surface area (Å²) in [6.45, 7) is 0. The van der Waals surface area contributed by atoms with Gasteiger partial charge in [-0.2, -0.15) is 5.10 Å². The first-order valence-electron chi connectivity index (χ1n) is 8.17. The van der Waals surface area contributed by atoms with Crippen LogP contribution >= 0.6 is 0 Å². The molecule has 2 aliphatic rings. The fourth-order valence-electron chi connectivity index (χ4n) is 4.23. The maximum atomic E-state index is 12.2. The van der Waals surface area contributed by atoms with Gasteiger partial charge in [0.2, 0.25) is 5.91 Å². The zero-order valence-corrected chi connectivity index (χ0v) is 12.6. The number of H-pyrrole nitrogens is 1. The van der Waals surface area contributed by atoms with Crippen LogP contribution in [-0.2, 0) is 4.79 Å². The van der Waals surface area contributed by atoms with E-state index in [4.69, 9.17) is 0 Å². The lowest BCUT2D eigenvalue weighted by Gasteiger charge is -2.20. The number of aromatic amines is 1. The fraction of sp³-hybridized carbons (Fsp3) is 0.444. The van der Waals surface area contributed by atoms with E-state index < -0.39 is 0 Å². The van der Waals surface area contributed by atoms with Crippen molar-refractivity contribution in [1.82, 2.24) is 10.2 Å². The zero-order chi connectivity index (χ0) is 14.9. The van der Waals surface area contributed by atoms with Crippen molar-refractivity contribution in [3.05, 3.63) is 36.5 Å². The number of nitrogens with one attached hydrogen (secondary N) is 2. The van der Waals surface area contributed by atoms with E-state index in [-0.39, 0.29) is 5.91 Å². The third-order valence-electron chi connectivity index (χ3n) is 5.31. The Morgan fingerprint density at radius 1 is 1.18 bits per heavy atom. The average molecular weight is 295 g/mol. The number of anilines is 1. The standard InChI is InChI=1S/C18H21N3O/c22-18(11-15-10-12-1-2-14(15)9-12)20-16-5-3-13(4-6-16)17-7-8-19-21-17/h3-8,12,14-15H,1-2,9-11H2,(H,19,21)(H,20,22). The number of hydrogen-bond acceptors (Lipinski definition) is 2. The first kappa shape index (κ1) is 13.6. The van der Waals surface area contributed by atoms with E-state index in [1.807, 2.05) is 30.3 Å². The summed E-state index contributed by atoms with van der Waals surface area (Å²) in [5, 5.41) is 9.93. The molecule has 2 aromatic rings. The van der Waals surface area contributed by atoms with Crippen LogP contribution in [0.15, 0.2) is 36.5 Å². The van der Waals surface area contributed by atoms with Gasteiger partial charge in [-0.15, -0.1) is 0 Å². The van der Waals surface area contributed by atoms with Crippen molar-refractivity contribution < 1.29 is 4.79 Å². The number of benzene rings is 1. The van der Waals surface area contributed by atoms with Crippen LogP contribution in [0, 0.1) is 17.8 Å². The number of nitrogens with zero attached hydrogens (tertiary/aromatic N) is 1. The van der Waals surface area contributed by atoms with E-state index in [0.29, 0.717) is 12.3 Å². The number of fused-ring (bicyclic) bond motifs is 2. The molecule has 4 rings (SSSR count). The van der Waals surface area contributed by atoms with E-state index in [0.717, 1.165) is 28.8 Å². The number of hydrogen-bond donors (Lipinski definition) is 2. The van der Waals surface area contributed by atoms with E-state index in [2.05, 4.69) is 15.5 Å². The number of carbonyl (C=O) groups excluding carboxylic acids is 1. The molecule has 1 heterocycles. The lowest BCUT2D eigenvalue weighted by atomic mass is 9.86. The SMILES string of the molecule is O=C(CC1CC2CCC1C2)Nc1ccc(-c2ccn[nH]2)cc1. The predicted octanol–water partition coefficient (Wildman–Crippen LogP) is 3.84. The van der Waals surface area contributed by atoms with E-state index in [9.17, 15) is 4.79 Å². The van der Waals surface area contributed by atoms with Crippen LogP contribution in [0.3, 0.4) is 0 Å². The van der Waals surface area contributed by atoms with Gasteiger partial charge in [0.1, 0.15) is 0 Å². The Morgan fingerprint density at radius 2 is 2.05 bits per heavy atom. The van der Waals surface area contributed by atoms with Crippen LogP contribution < -0.4 is 5.32 Å². The molecule has 4 nitrogen and oxygen atoms in total. The van der Waals surface area contributed by atoms with Gasteiger partial charge in [0.15, 0.2) is 0 Å². The number of aromatic nitrogens is 2. The first-order valence-corrected chi connectivity index (χ1v) is 8.17. The predicted molar refractivity (Wildman–Crippen MR) is 86.2 cm³/mol. The van der Waals surface area contributed by atoms with E-state index in [1.165, 1.54) is 25.7 Å². The Balaban J connectivity index is 1.35. The highest BCUT2D eigenvalue weighted by Gasteiger charge is 2.40. The number of amides is 1. The van der Waals surface area contributed by atoms with Gasteiger partial charge in [0.25, 0.3) is 0 Å². The summed E-state index contributed by atoms with van der Waals surface area (Å²) in [5.74, 6) is 2.48. The third-order valence-corrected chi connectivity index (χ3v) is 5.31. The molecule has 2 bridgehead atoms. The van der Waals surface area contributed by atoms with Gasteiger partial charge in [-0.05, 0) is 60.8 Å². The molecule has 1 amide bonds. The Hall–Kier alpha value is -2.10. The summed E-state index contributed by atoms with van der Waals surface area (Å²) in [7, 11) is 0. The second-order valence-electron chi connectivity index (χ2n) is 6.73. The molecule has 0 aliphatic heterocycles. The lowest BCUT2D eigenvalue weighted by Crippen LogP contribution is -2.20. The van der Waals surface area contributed by atoms with Gasteiger partial charge in [-0.25, -0.2) is 0 Å². The molecule has 4 heteroatoms. The van der Waals surface area contributed by atoms with E-state index >= 15 is 0 Å². The van der Waals surface area contributed by atoms with Crippen molar-refractivity contribution in [3.63, 3.8) is 0 Å². The van der Waals surface area contributed by atoms with E-state index in [1.54, 1.807) is 6.20 Å². The summed E-state index contributed by atoms with van der Waals surface area (Å²) in [6.07, 6.45) is 7.76. The largest absolute Gasteiger partial charge is 0.326 e. The van der Waals surface area contributed by atoms with Crippen molar-refractivity contribution in [2.24, 2.45) is 17.8 Å². The molecular formula is C18H21N3O. The fourth-order valence-corrected chi connectivity index (χ4v) is 4.23. The minimum atomic E-state index is 0.159. The Morgan fingerprint density at radius 3 is 2.68 bits per heavy atom. The molecule has 2 saturated carbocycles. The van der Waals surface area contributed by atoms with Crippen molar-refractivity contribution in [1.29, 1.82) is 0 Å². The average Bonchev–Trinajstić information content (AvgIpc) is 3.25. The highest BCUT2D eigenvalue weighted by molar-refractivity contribution is 5.91. The minimum absolute atomic E-state index is 0.159. The minimum Gasteiger partial charge on any atom is -0.326 e. The summed E-state index contributed by atoms with van der Waals surface area (Å²) in [4.78, 5) is 12.2. The summed E-state index contributed by atoms with van der Waals surface area (Å²) in [5.41, 5.74) is 2.93. The summed E-state index contributed by atoms with van der Waals surface area (Å²) in [6, 6.07) is 9.84. The molecule has 0 saturated heterocycles. The van der Waals surface area contributed by atoms with Gasteiger partial charge < -0.3 is 5.32 Å². The molecule has 1 aromatic carbocycles. The van der Waals surface area contributed by atoms with Crippen molar-refractivity contribution in [3.8, 4) is 11.3 Å². The summed E-state index contributed by atoms with van der Waals surface area (Å²) < 4.78 is 0. The van der Waals surface area contributed by atoms with Crippen LogP contribution in [0.4, 0.5) is 5.69 Å². The zero-order valence-electron chi connectivity index (χ0n) is 12.6. The van der Waals surface area contributed by atoms with Crippen LogP contribution in [0.1, 0.15) is 32.1 Å². The lowest BCUT2D eigenvalue weighted by molar-refractivity contribution is -0.117. The van der Waals surface area contributed by atoms with Crippen LogP contribution in [0.5, 0.6) is 0 Å². The molecule has 1 aromatic heterocycles. The second kappa shape index (κ2) is 5.59. The van der Waals surface area contributed by atoms with Gasteiger partial charge in [0.05, 0.1) is 5.69 Å². The van der Waals surface area contributed by atoms with Crippen molar-refractivity contribution in [2.45, 2.75) is 32.1 Å². The highest BCUT2D eigenvalue weighted by atomic mass is 16.1. The number of rotatable bonds is 4. The second-order valence-corrected chi connectivity index (χ2v) is 6.73. The maximum Gasteiger partial charge on any atom is 0.224 e. The highest BCUT2D eigenvalue weighted by Crippen LogP contribution is 2.49. The maximum absolute atomic E-state index is 12.2. The molecule has 22 heavy (non-hydrogen) atoms. The van der Waals surface area contributed by atoms with Gasteiger partial charge >= 0.3 is 0 Å². The molecule has 3 atom stereocenters. The smallest absolute Gasteiger partial charge is 0.224 e. The summed E-state index contributed by atoms with van der Waals surface area (Å²) >= 11 is 0. The van der Waals surface area contributed by atoms with Crippen LogP contribution in [-0.4, -0.2) is 16.1 Å². The van der Waals surface area contributed by atoms with Crippen LogP contribution in [0.25, 0.3) is 11.3 Å². The molecule has 114 valence electrons. The molecule has 0 spiro atoms. The normalized spacial score (nSPS) is 26.3. The third kappa shape index (κ3) is 2.65. The van der Waals surface area contributed by atoms with Gasteiger partial charge in [-0.1, -0.05) is 18.6 Å². The Bertz CT molecular complexity index is 647. The molecule has 2 N–H and O–H groups in total. The Labute approximate surface area is 130 Å². The van der Waals surface area contributed by atoms with Crippen molar-refractivity contribution in [2.75, 3.05) is 5.32 Å². The molecule has 3 unspecified atom stereocenters. The van der Waals surface area contributed by atoms with Gasteiger partial charge in [0, 0.05) is 18.3 Å². The molecule has 2 aliphatic carbocycles. The van der Waals surface area contributed by atoms with Crippen LogP contribution in [0.2, 0.25) is 0 Å². The molecular weight excluding hydrogens is 274 g/mol. The monoisotopic (exact) mass is 295 g/mol.